The first-order valence-corrected chi connectivity index (χ1v) is 5.74. The second-order valence-corrected chi connectivity index (χ2v) is 4.44. The van der Waals surface area contributed by atoms with E-state index >= 15 is 0 Å². The van der Waals surface area contributed by atoms with Gasteiger partial charge in [-0.2, -0.15) is 0 Å². The Kier molecular flexibility index (Phi) is 4.37. The van der Waals surface area contributed by atoms with Gasteiger partial charge < -0.3 is 16.0 Å². The number of rotatable bonds is 4. The third-order valence-corrected chi connectivity index (χ3v) is 2.95. The monoisotopic (exact) mass is 235 g/mol. The van der Waals surface area contributed by atoms with Gasteiger partial charge in [-0.25, -0.2) is 0 Å². The number of hydrogen-bond acceptors (Lipinski definition) is 3. The lowest BCUT2D eigenvalue weighted by Gasteiger charge is -2.23. The zero-order chi connectivity index (χ0) is 13.0. The lowest BCUT2D eigenvalue weighted by atomic mass is 10.1. The van der Waals surface area contributed by atoms with Crippen molar-refractivity contribution in [2.24, 2.45) is 5.92 Å². The van der Waals surface area contributed by atoms with Crippen LogP contribution in [0.25, 0.3) is 0 Å². The van der Waals surface area contributed by atoms with Crippen LogP contribution in [0, 0.1) is 12.8 Å². The molecular weight excluding hydrogens is 214 g/mol. The van der Waals surface area contributed by atoms with Gasteiger partial charge in [0.2, 0.25) is 5.91 Å². The van der Waals surface area contributed by atoms with E-state index in [2.05, 4.69) is 5.32 Å². The van der Waals surface area contributed by atoms with Gasteiger partial charge in [0.15, 0.2) is 0 Å². The Balaban J connectivity index is 2.72. The molecule has 3 N–H and O–H groups in total. The molecule has 1 atom stereocenters. The first-order valence-electron chi connectivity index (χ1n) is 5.74. The minimum absolute atomic E-state index is 0.0486. The van der Waals surface area contributed by atoms with Crippen LogP contribution in [-0.4, -0.2) is 26.5 Å². The van der Waals surface area contributed by atoms with Crippen LogP contribution in [0.3, 0.4) is 0 Å². The van der Waals surface area contributed by atoms with Gasteiger partial charge in [0.25, 0.3) is 0 Å². The summed E-state index contributed by atoms with van der Waals surface area (Å²) in [6.45, 7) is 4.56. The quantitative estimate of drug-likeness (QED) is 0.775. The lowest BCUT2D eigenvalue weighted by Crippen LogP contribution is -2.34. The van der Waals surface area contributed by atoms with Gasteiger partial charge in [-0.3, -0.25) is 4.79 Å². The van der Waals surface area contributed by atoms with Crippen LogP contribution in [0.4, 0.5) is 11.4 Å². The minimum atomic E-state index is -0.0486. The fraction of sp³-hybridized carbons (Fsp3) is 0.462. The maximum Gasteiger partial charge on any atom is 0.224 e. The van der Waals surface area contributed by atoms with Crippen LogP contribution in [0.2, 0.25) is 0 Å². The summed E-state index contributed by atoms with van der Waals surface area (Å²) in [6.07, 6.45) is 0. The Morgan fingerprint density at radius 3 is 2.71 bits per heavy atom. The van der Waals surface area contributed by atoms with E-state index in [1.807, 2.05) is 44.0 Å². The number of carbonyl (C=O) groups is 1. The maximum absolute atomic E-state index is 11.4. The molecular formula is C13H21N3O. The van der Waals surface area contributed by atoms with Crippen LogP contribution in [0.1, 0.15) is 12.5 Å². The van der Waals surface area contributed by atoms with E-state index in [-0.39, 0.29) is 11.8 Å². The molecule has 0 bridgehead atoms. The molecule has 0 aromatic heterocycles. The smallest absolute Gasteiger partial charge is 0.224 e. The van der Waals surface area contributed by atoms with E-state index < -0.39 is 0 Å². The molecule has 0 saturated heterocycles. The van der Waals surface area contributed by atoms with E-state index in [1.54, 1.807) is 7.05 Å². The molecule has 0 heterocycles. The maximum atomic E-state index is 11.4. The molecule has 4 heteroatoms. The SMILES string of the molecule is CNC(=O)C(C)CN(C)c1ccc(C)c(N)c1. The van der Waals surface area contributed by atoms with Gasteiger partial charge >= 0.3 is 0 Å². The molecule has 0 aliphatic rings. The zero-order valence-electron chi connectivity index (χ0n) is 10.9. The number of nitrogens with one attached hydrogen (secondary N) is 1. The Hall–Kier alpha value is -1.71. The van der Waals surface area contributed by atoms with Crippen molar-refractivity contribution in [3.05, 3.63) is 23.8 Å². The first kappa shape index (κ1) is 13.4. The van der Waals surface area contributed by atoms with E-state index in [1.165, 1.54) is 0 Å². The van der Waals surface area contributed by atoms with Gasteiger partial charge in [0, 0.05) is 32.0 Å². The number of hydrogen-bond donors (Lipinski definition) is 2. The largest absolute Gasteiger partial charge is 0.398 e. The number of anilines is 2. The van der Waals surface area contributed by atoms with Crippen molar-refractivity contribution in [2.45, 2.75) is 13.8 Å². The summed E-state index contributed by atoms with van der Waals surface area (Å²) in [5, 5.41) is 2.65. The zero-order valence-corrected chi connectivity index (χ0v) is 10.9. The molecule has 1 amide bonds. The summed E-state index contributed by atoms with van der Waals surface area (Å²) in [5.74, 6) is 0.00413. The average Bonchev–Trinajstić information content (AvgIpc) is 2.31. The number of nitrogen functional groups attached to an aromatic ring is 1. The van der Waals surface area contributed by atoms with E-state index in [0.29, 0.717) is 6.54 Å². The molecule has 17 heavy (non-hydrogen) atoms. The molecule has 0 saturated carbocycles. The van der Waals surface area contributed by atoms with Gasteiger partial charge in [-0.15, -0.1) is 0 Å². The molecule has 0 radical (unpaired) electrons. The first-order chi connectivity index (χ1) is 7.95. The highest BCUT2D eigenvalue weighted by molar-refractivity contribution is 5.78. The summed E-state index contributed by atoms with van der Waals surface area (Å²) in [5.41, 5.74) is 8.75. The van der Waals surface area contributed by atoms with E-state index in [0.717, 1.165) is 16.9 Å². The van der Waals surface area contributed by atoms with Crippen molar-refractivity contribution in [1.29, 1.82) is 0 Å². The molecule has 1 aromatic carbocycles. The highest BCUT2D eigenvalue weighted by Gasteiger charge is 2.14. The van der Waals surface area contributed by atoms with Crippen LogP contribution in [0.15, 0.2) is 18.2 Å². The summed E-state index contributed by atoms with van der Waals surface area (Å²) in [6, 6.07) is 5.94. The van der Waals surface area contributed by atoms with E-state index in [4.69, 9.17) is 5.73 Å². The average molecular weight is 235 g/mol. The summed E-state index contributed by atoms with van der Waals surface area (Å²) < 4.78 is 0. The Bertz CT molecular complexity index is 404. The van der Waals surface area contributed by atoms with Crippen LogP contribution in [0.5, 0.6) is 0 Å². The third-order valence-electron chi connectivity index (χ3n) is 2.95. The van der Waals surface area contributed by atoms with E-state index in [9.17, 15) is 4.79 Å². The van der Waals surface area contributed by atoms with Crippen LogP contribution < -0.4 is 16.0 Å². The molecule has 0 aliphatic heterocycles. The molecule has 1 rings (SSSR count). The number of aryl methyl sites for hydroxylation is 1. The van der Waals surface area contributed by atoms with Gasteiger partial charge in [0.05, 0.1) is 5.92 Å². The van der Waals surface area contributed by atoms with Gasteiger partial charge in [0.1, 0.15) is 0 Å². The number of amides is 1. The number of nitrogens with two attached hydrogens (primary N) is 1. The summed E-state index contributed by atoms with van der Waals surface area (Å²) in [4.78, 5) is 13.5. The van der Waals surface area contributed by atoms with Gasteiger partial charge in [-0.1, -0.05) is 13.0 Å². The predicted octanol–water partition coefficient (Wildman–Crippen LogP) is 1.40. The molecule has 0 fully saturated rings. The second-order valence-electron chi connectivity index (χ2n) is 4.44. The summed E-state index contributed by atoms with van der Waals surface area (Å²) in [7, 11) is 3.62. The second kappa shape index (κ2) is 5.57. The highest BCUT2D eigenvalue weighted by Crippen LogP contribution is 2.20. The van der Waals surface area contributed by atoms with Crippen molar-refractivity contribution in [3.63, 3.8) is 0 Å². The normalized spacial score (nSPS) is 12.0. The van der Waals surface area contributed by atoms with Gasteiger partial charge in [-0.05, 0) is 24.6 Å². The highest BCUT2D eigenvalue weighted by atomic mass is 16.1. The Morgan fingerprint density at radius 1 is 1.53 bits per heavy atom. The van der Waals surface area contributed by atoms with Crippen LogP contribution in [-0.2, 0) is 4.79 Å². The van der Waals surface area contributed by atoms with Crippen molar-refractivity contribution in [1.82, 2.24) is 5.32 Å². The van der Waals surface area contributed by atoms with Crippen molar-refractivity contribution in [3.8, 4) is 0 Å². The van der Waals surface area contributed by atoms with Crippen LogP contribution >= 0.6 is 0 Å². The Morgan fingerprint density at radius 2 is 2.18 bits per heavy atom. The lowest BCUT2D eigenvalue weighted by molar-refractivity contribution is -0.123. The Labute approximate surface area is 103 Å². The standard InChI is InChI=1S/C13H21N3O/c1-9-5-6-11(7-12(9)14)16(4)8-10(2)13(17)15-3/h5-7,10H,8,14H2,1-4H3,(H,15,17). The fourth-order valence-corrected chi connectivity index (χ4v) is 1.71. The molecule has 0 spiro atoms. The van der Waals surface area contributed by atoms with Crippen molar-refractivity contribution in [2.75, 3.05) is 31.3 Å². The van der Waals surface area contributed by atoms with Crippen molar-refractivity contribution < 1.29 is 4.79 Å². The molecule has 94 valence electrons. The number of nitrogens with zero attached hydrogens (tertiary/aromatic N) is 1. The molecule has 4 nitrogen and oxygen atoms in total. The molecule has 1 aromatic rings. The summed E-state index contributed by atoms with van der Waals surface area (Å²) >= 11 is 0. The number of carbonyl (C=O) groups excluding carboxylic acids is 1. The number of benzene rings is 1. The molecule has 0 aliphatic carbocycles. The minimum Gasteiger partial charge on any atom is -0.398 e. The van der Waals surface area contributed by atoms with Crippen molar-refractivity contribution >= 4 is 17.3 Å². The third kappa shape index (κ3) is 3.37. The fourth-order valence-electron chi connectivity index (χ4n) is 1.71. The predicted molar refractivity (Wildman–Crippen MR) is 72.1 cm³/mol. The molecule has 1 unspecified atom stereocenters. The topological polar surface area (TPSA) is 58.4 Å².